The molecule has 3 aromatic rings. The van der Waals surface area contributed by atoms with Gasteiger partial charge in [-0.1, -0.05) is 47.9 Å². The zero-order chi connectivity index (χ0) is 20.3. The molecule has 2 heterocycles. The Morgan fingerprint density at radius 1 is 1.25 bits per heavy atom. The molecule has 0 saturated carbocycles. The summed E-state index contributed by atoms with van der Waals surface area (Å²) in [5, 5.41) is 6.46. The molecule has 3 rings (SSSR count). The lowest BCUT2D eigenvalue weighted by Crippen LogP contribution is -2.34. The number of aromatic nitrogens is 1. The molecule has 0 unspecified atom stereocenters. The largest absolute Gasteiger partial charge is 0.338 e. The number of likely N-dealkylation sites (N-methyl/N-ethyl adjacent to an activating group) is 1. The van der Waals surface area contributed by atoms with Crippen molar-refractivity contribution in [3.05, 3.63) is 52.4 Å². The van der Waals surface area contributed by atoms with Crippen LogP contribution in [-0.4, -0.2) is 37.4 Å². The Bertz CT molecular complexity index is 1070. The van der Waals surface area contributed by atoms with Crippen molar-refractivity contribution in [3.63, 3.8) is 0 Å². The van der Waals surface area contributed by atoms with Crippen LogP contribution in [0.25, 0.3) is 11.3 Å². The average molecular weight is 440 g/mol. The molecule has 2 aromatic heterocycles. The number of benzene rings is 1. The van der Waals surface area contributed by atoms with Crippen LogP contribution >= 0.6 is 22.9 Å². The van der Waals surface area contributed by atoms with Crippen LogP contribution in [-0.2, 0) is 21.2 Å². The van der Waals surface area contributed by atoms with Gasteiger partial charge in [-0.2, -0.15) is 4.31 Å². The lowest BCUT2D eigenvalue weighted by atomic mass is 10.1. The zero-order valence-corrected chi connectivity index (χ0v) is 17.6. The maximum atomic E-state index is 12.4. The van der Waals surface area contributed by atoms with Crippen LogP contribution in [0, 0.1) is 0 Å². The van der Waals surface area contributed by atoms with Crippen LogP contribution in [0.15, 0.2) is 51.2 Å². The third kappa shape index (κ3) is 4.61. The van der Waals surface area contributed by atoms with E-state index < -0.39 is 15.9 Å². The van der Waals surface area contributed by atoms with Gasteiger partial charge >= 0.3 is 0 Å². The van der Waals surface area contributed by atoms with E-state index in [2.05, 4.69) is 17.4 Å². The van der Waals surface area contributed by atoms with E-state index in [1.165, 1.54) is 24.7 Å². The lowest BCUT2D eigenvalue weighted by molar-refractivity contribution is -0.116. The van der Waals surface area contributed by atoms with E-state index >= 15 is 0 Å². The van der Waals surface area contributed by atoms with E-state index in [1.807, 2.05) is 24.3 Å². The summed E-state index contributed by atoms with van der Waals surface area (Å²) in [5.41, 5.74) is 2.64. The molecule has 0 bridgehead atoms. The van der Waals surface area contributed by atoms with E-state index in [-0.39, 0.29) is 16.6 Å². The fourth-order valence-electron chi connectivity index (χ4n) is 2.44. The Hall–Kier alpha value is -2.20. The third-order valence-electron chi connectivity index (χ3n) is 4.01. The maximum Gasteiger partial charge on any atom is 0.252 e. The van der Waals surface area contributed by atoms with Crippen molar-refractivity contribution < 1.29 is 17.7 Å². The van der Waals surface area contributed by atoms with Gasteiger partial charge in [0, 0.05) is 18.7 Å². The molecule has 0 spiro atoms. The summed E-state index contributed by atoms with van der Waals surface area (Å²) in [6.45, 7) is 1.70. The zero-order valence-electron chi connectivity index (χ0n) is 15.2. The van der Waals surface area contributed by atoms with Crippen molar-refractivity contribution in [2.24, 2.45) is 0 Å². The molecule has 0 fully saturated rings. The Kier molecular flexibility index (Phi) is 6.19. The number of halogens is 1. The Morgan fingerprint density at radius 3 is 2.57 bits per heavy atom. The molecule has 0 aliphatic heterocycles. The highest BCUT2D eigenvalue weighted by Crippen LogP contribution is 2.27. The molecule has 1 amide bonds. The molecule has 1 N–H and O–H groups in total. The second kappa shape index (κ2) is 8.44. The summed E-state index contributed by atoms with van der Waals surface area (Å²) < 4.78 is 31.4. The average Bonchev–Trinajstić information content (AvgIpc) is 3.31. The predicted molar refractivity (Wildman–Crippen MR) is 109 cm³/mol. The minimum atomic E-state index is -3.79. The molecule has 0 saturated heterocycles. The fourth-order valence-corrected chi connectivity index (χ4v) is 5.26. The molecular weight excluding hydrogens is 422 g/mol. The molecule has 0 aliphatic carbocycles. The van der Waals surface area contributed by atoms with Crippen LogP contribution < -0.4 is 5.32 Å². The molecule has 0 radical (unpaired) electrons. The summed E-state index contributed by atoms with van der Waals surface area (Å²) >= 11 is 6.72. The van der Waals surface area contributed by atoms with Gasteiger partial charge in [0.05, 0.1) is 10.9 Å². The number of anilines is 1. The van der Waals surface area contributed by atoms with Gasteiger partial charge in [-0.05, 0) is 24.1 Å². The first kappa shape index (κ1) is 20.5. The number of thiophene rings is 1. The van der Waals surface area contributed by atoms with Crippen LogP contribution in [0.5, 0.6) is 0 Å². The first-order valence-corrected chi connectivity index (χ1v) is 11.0. The van der Waals surface area contributed by atoms with Crippen molar-refractivity contribution >= 4 is 44.8 Å². The Labute approximate surface area is 172 Å². The van der Waals surface area contributed by atoms with Crippen molar-refractivity contribution in [3.8, 4) is 11.3 Å². The first-order chi connectivity index (χ1) is 13.3. The smallest absolute Gasteiger partial charge is 0.252 e. The van der Waals surface area contributed by atoms with Crippen molar-refractivity contribution in [1.29, 1.82) is 0 Å². The molecule has 148 valence electrons. The van der Waals surface area contributed by atoms with Crippen LogP contribution in [0.4, 0.5) is 5.88 Å². The monoisotopic (exact) mass is 439 g/mol. The number of hydrogen-bond acceptors (Lipinski definition) is 6. The quantitative estimate of drug-likeness (QED) is 0.603. The SMILES string of the molecule is CCc1ccc(-c2cc(NC(=O)CN(C)S(=O)(=O)c3ccc(Cl)s3)on2)cc1. The molecule has 7 nitrogen and oxygen atoms in total. The Morgan fingerprint density at radius 2 is 1.96 bits per heavy atom. The van der Waals surface area contributed by atoms with Gasteiger partial charge in [0.2, 0.25) is 11.8 Å². The number of aryl methyl sites for hydroxylation is 1. The van der Waals surface area contributed by atoms with E-state index in [0.717, 1.165) is 27.6 Å². The summed E-state index contributed by atoms with van der Waals surface area (Å²) in [5.74, 6) is -0.401. The maximum absolute atomic E-state index is 12.4. The third-order valence-corrected chi connectivity index (χ3v) is 7.51. The van der Waals surface area contributed by atoms with E-state index in [9.17, 15) is 13.2 Å². The fraction of sp³-hybridized carbons (Fsp3) is 0.222. The van der Waals surface area contributed by atoms with Gasteiger partial charge < -0.3 is 4.52 Å². The molecule has 28 heavy (non-hydrogen) atoms. The number of carbonyl (C=O) groups excluding carboxylic acids is 1. The normalized spacial score (nSPS) is 11.7. The van der Waals surface area contributed by atoms with Crippen molar-refractivity contribution in [2.45, 2.75) is 17.6 Å². The minimum Gasteiger partial charge on any atom is -0.338 e. The summed E-state index contributed by atoms with van der Waals surface area (Å²) in [4.78, 5) is 12.2. The Balaban J connectivity index is 1.64. The highest BCUT2D eigenvalue weighted by Gasteiger charge is 2.25. The number of nitrogens with one attached hydrogen (secondary N) is 1. The van der Waals surface area contributed by atoms with E-state index in [0.29, 0.717) is 10.0 Å². The number of hydrogen-bond donors (Lipinski definition) is 1. The second-order valence-electron chi connectivity index (χ2n) is 5.99. The number of sulfonamides is 1. The predicted octanol–water partition coefficient (Wildman–Crippen LogP) is 3.88. The van der Waals surface area contributed by atoms with Crippen molar-refractivity contribution in [2.75, 3.05) is 18.9 Å². The molecule has 0 aliphatic rings. The number of rotatable bonds is 7. The summed E-state index contributed by atoms with van der Waals surface area (Å²) in [7, 11) is -2.47. The molecule has 0 atom stereocenters. The highest BCUT2D eigenvalue weighted by molar-refractivity contribution is 7.91. The number of carbonyl (C=O) groups is 1. The molecule has 10 heteroatoms. The van der Waals surface area contributed by atoms with Crippen LogP contribution in [0.2, 0.25) is 4.34 Å². The summed E-state index contributed by atoms with van der Waals surface area (Å²) in [6.07, 6.45) is 0.939. The van der Waals surface area contributed by atoms with Gasteiger partial charge in [0.25, 0.3) is 10.0 Å². The van der Waals surface area contributed by atoms with Crippen LogP contribution in [0.1, 0.15) is 12.5 Å². The lowest BCUT2D eigenvalue weighted by Gasteiger charge is -2.14. The highest BCUT2D eigenvalue weighted by atomic mass is 35.5. The van der Waals surface area contributed by atoms with E-state index in [4.69, 9.17) is 16.1 Å². The minimum absolute atomic E-state index is 0.0743. The van der Waals surface area contributed by atoms with Gasteiger partial charge in [0.15, 0.2) is 0 Å². The molecular formula is C18H18ClN3O4S2. The van der Waals surface area contributed by atoms with Gasteiger partial charge in [-0.3, -0.25) is 10.1 Å². The van der Waals surface area contributed by atoms with Gasteiger partial charge in [-0.15, -0.1) is 11.3 Å². The molecule has 1 aromatic carbocycles. The first-order valence-electron chi connectivity index (χ1n) is 8.37. The van der Waals surface area contributed by atoms with Crippen molar-refractivity contribution in [1.82, 2.24) is 9.46 Å². The van der Waals surface area contributed by atoms with E-state index in [1.54, 1.807) is 6.07 Å². The number of nitrogens with zero attached hydrogens (tertiary/aromatic N) is 2. The topological polar surface area (TPSA) is 92.5 Å². The standard InChI is InChI=1S/C18H18ClN3O4S2/c1-3-12-4-6-13(7-5-12)14-10-17(26-21-14)20-16(23)11-22(2)28(24,25)18-9-8-15(19)27-18/h4-10H,3,11H2,1-2H3,(H,20,23). The second-order valence-corrected chi connectivity index (χ2v) is 9.98. The van der Waals surface area contributed by atoms with Gasteiger partial charge in [0.1, 0.15) is 9.90 Å². The number of amides is 1. The van der Waals surface area contributed by atoms with Crippen LogP contribution in [0.3, 0.4) is 0 Å². The van der Waals surface area contributed by atoms with Gasteiger partial charge in [-0.25, -0.2) is 8.42 Å². The summed E-state index contributed by atoms with van der Waals surface area (Å²) in [6, 6.07) is 12.3.